The zero-order valence-corrected chi connectivity index (χ0v) is 12.7. The summed E-state index contributed by atoms with van der Waals surface area (Å²) < 4.78 is 0.990. The number of hydrogen-bond donors (Lipinski definition) is 1. The fourth-order valence-corrected chi connectivity index (χ4v) is 2.95. The van der Waals surface area contributed by atoms with Gasteiger partial charge in [-0.25, -0.2) is 9.97 Å². The van der Waals surface area contributed by atoms with Gasteiger partial charge in [0, 0.05) is 18.4 Å². The Bertz CT molecular complexity index is 437. The van der Waals surface area contributed by atoms with Gasteiger partial charge in [-0.15, -0.1) is 0 Å². The van der Waals surface area contributed by atoms with E-state index in [2.05, 4.69) is 53.9 Å². The Morgan fingerprint density at radius 1 is 1.29 bits per heavy atom. The molecule has 0 spiro atoms. The van der Waals surface area contributed by atoms with Crippen molar-refractivity contribution in [3.8, 4) is 0 Å². The van der Waals surface area contributed by atoms with Gasteiger partial charge < -0.3 is 5.32 Å². The summed E-state index contributed by atoms with van der Waals surface area (Å²) in [5.41, 5.74) is 1.12. The molecular weight excluding hydrogens is 278 g/mol. The predicted molar refractivity (Wildman–Crippen MR) is 74.5 cm³/mol. The first-order chi connectivity index (χ1) is 7.84. The SMILES string of the molecule is CNc1nc(C2CC2C)nc(C(C)(C)C)c1Br. The lowest BCUT2D eigenvalue weighted by molar-refractivity contribution is 0.558. The Morgan fingerprint density at radius 2 is 1.88 bits per heavy atom. The van der Waals surface area contributed by atoms with Crippen molar-refractivity contribution in [1.82, 2.24) is 9.97 Å². The van der Waals surface area contributed by atoms with Crippen LogP contribution in [0.15, 0.2) is 4.47 Å². The quantitative estimate of drug-likeness (QED) is 0.904. The maximum absolute atomic E-state index is 4.77. The van der Waals surface area contributed by atoms with Crippen molar-refractivity contribution in [2.45, 2.75) is 45.4 Å². The van der Waals surface area contributed by atoms with E-state index in [9.17, 15) is 0 Å². The third-order valence-corrected chi connectivity index (χ3v) is 4.01. The minimum Gasteiger partial charge on any atom is -0.372 e. The summed E-state index contributed by atoms with van der Waals surface area (Å²) in [6, 6.07) is 0. The average Bonchev–Trinajstić information content (AvgIpc) is 2.94. The van der Waals surface area contributed by atoms with Crippen LogP contribution in [0.2, 0.25) is 0 Å². The third kappa shape index (κ3) is 2.46. The van der Waals surface area contributed by atoms with Crippen LogP contribution in [0.1, 0.15) is 51.6 Å². The average molecular weight is 298 g/mol. The van der Waals surface area contributed by atoms with Gasteiger partial charge in [-0.3, -0.25) is 0 Å². The zero-order chi connectivity index (χ0) is 12.8. The number of anilines is 1. The first kappa shape index (κ1) is 12.8. The normalized spacial score (nSPS) is 23.6. The molecule has 1 aliphatic rings. The number of nitrogens with one attached hydrogen (secondary N) is 1. The number of halogens is 1. The minimum absolute atomic E-state index is 0.0280. The van der Waals surface area contributed by atoms with E-state index in [4.69, 9.17) is 4.98 Å². The van der Waals surface area contributed by atoms with Gasteiger partial charge in [0.15, 0.2) is 0 Å². The molecule has 1 N–H and O–H groups in total. The van der Waals surface area contributed by atoms with Crippen molar-refractivity contribution >= 4 is 21.7 Å². The summed E-state index contributed by atoms with van der Waals surface area (Å²) in [6.07, 6.45) is 1.22. The van der Waals surface area contributed by atoms with E-state index in [1.54, 1.807) is 0 Å². The Hall–Kier alpha value is -0.640. The molecule has 1 aromatic rings. The summed E-state index contributed by atoms with van der Waals surface area (Å²) in [7, 11) is 1.90. The predicted octanol–water partition coefficient (Wildman–Crippen LogP) is 3.70. The molecule has 17 heavy (non-hydrogen) atoms. The van der Waals surface area contributed by atoms with Crippen molar-refractivity contribution in [3.05, 3.63) is 16.0 Å². The molecule has 1 aromatic heterocycles. The Balaban J connectivity index is 2.50. The summed E-state index contributed by atoms with van der Waals surface area (Å²) in [6.45, 7) is 8.80. The maximum atomic E-state index is 4.77. The molecule has 0 radical (unpaired) electrons. The summed E-state index contributed by atoms with van der Waals surface area (Å²) >= 11 is 3.61. The molecule has 2 unspecified atom stereocenters. The number of aromatic nitrogens is 2. The summed E-state index contributed by atoms with van der Waals surface area (Å²) in [5.74, 6) is 3.18. The molecule has 0 aromatic carbocycles. The smallest absolute Gasteiger partial charge is 0.144 e. The van der Waals surface area contributed by atoms with E-state index in [-0.39, 0.29) is 5.41 Å². The lowest BCUT2D eigenvalue weighted by atomic mass is 9.91. The minimum atomic E-state index is 0.0280. The molecule has 0 bridgehead atoms. The first-order valence-corrected chi connectivity index (χ1v) is 6.89. The highest BCUT2D eigenvalue weighted by molar-refractivity contribution is 9.10. The van der Waals surface area contributed by atoms with Gasteiger partial charge in [-0.05, 0) is 28.3 Å². The second-order valence-electron chi connectivity index (χ2n) is 5.91. The number of hydrogen-bond acceptors (Lipinski definition) is 3. The van der Waals surface area contributed by atoms with Crippen molar-refractivity contribution in [2.75, 3.05) is 12.4 Å². The first-order valence-electron chi connectivity index (χ1n) is 6.10. The fraction of sp³-hybridized carbons (Fsp3) is 0.692. The maximum Gasteiger partial charge on any atom is 0.144 e. The second-order valence-corrected chi connectivity index (χ2v) is 6.71. The molecule has 1 fully saturated rings. The highest BCUT2D eigenvalue weighted by Gasteiger charge is 2.38. The van der Waals surface area contributed by atoms with Gasteiger partial charge in [0.1, 0.15) is 11.6 Å². The molecular formula is C13H20BrN3. The molecule has 4 heteroatoms. The highest BCUT2D eigenvalue weighted by atomic mass is 79.9. The Labute approximate surface area is 112 Å². The molecule has 2 rings (SSSR count). The zero-order valence-electron chi connectivity index (χ0n) is 11.1. The van der Waals surface area contributed by atoms with E-state index >= 15 is 0 Å². The van der Waals surface area contributed by atoms with Crippen LogP contribution in [0.3, 0.4) is 0 Å². The van der Waals surface area contributed by atoms with Crippen LogP contribution in [0, 0.1) is 5.92 Å². The van der Waals surface area contributed by atoms with Crippen molar-refractivity contribution < 1.29 is 0 Å². The standard InChI is InChI=1S/C13H20BrN3/c1-7-6-8(7)11-16-10(13(2,3)4)9(14)12(15-5)17-11/h7-8H,6H2,1-5H3,(H,15,16,17). The molecule has 1 saturated carbocycles. The van der Waals surface area contributed by atoms with Crippen molar-refractivity contribution in [1.29, 1.82) is 0 Å². The van der Waals surface area contributed by atoms with E-state index in [1.807, 2.05) is 7.05 Å². The molecule has 2 atom stereocenters. The molecule has 1 aliphatic carbocycles. The van der Waals surface area contributed by atoms with Crippen molar-refractivity contribution in [3.63, 3.8) is 0 Å². The van der Waals surface area contributed by atoms with Crippen LogP contribution in [-0.4, -0.2) is 17.0 Å². The largest absolute Gasteiger partial charge is 0.372 e. The second kappa shape index (κ2) is 4.23. The molecule has 1 heterocycles. The van der Waals surface area contributed by atoms with E-state index < -0.39 is 0 Å². The van der Waals surface area contributed by atoms with Crippen LogP contribution < -0.4 is 5.32 Å². The topological polar surface area (TPSA) is 37.8 Å². The van der Waals surface area contributed by atoms with E-state index in [1.165, 1.54) is 6.42 Å². The van der Waals surface area contributed by atoms with Gasteiger partial charge >= 0.3 is 0 Å². The molecule has 0 amide bonds. The van der Waals surface area contributed by atoms with Gasteiger partial charge in [0.2, 0.25) is 0 Å². The summed E-state index contributed by atoms with van der Waals surface area (Å²) in [4.78, 5) is 9.37. The van der Waals surface area contributed by atoms with Crippen LogP contribution >= 0.6 is 15.9 Å². The molecule has 94 valence electrons. The number of nitrogens with zero attached hydrogens (tertiary/aromatic N) is 2. The molecule has 0 aliphatic heterocycles. The Kier molecular flexibility index (Phi) is 3.19. The summed E-state index contributed by atoms with van der Waals surface area (Å²) in [5, 5.41) is 3.15. The lowest BCUT2D eigenvalue weighted by Gasteiger charge is -2.21. The fourth-order valence-electron chi connectivity index (χ4n) is 1.97. The molecule has 3 nitrogen and oxygen atoms in total. The van der Waals surface area contributed by atoms with Crippen LogP contribution in [0.4, 0.5) is 5.82 Å². The van der Waals surface area contributed by atoms with E-state index in [0.717, 1.165) is 27.7 Å². The Morgan fingerprint density at radius 3 is 2.29 bits per heavy atom. The van der Waals surface area contributed by atoms with Gasteiger partial charge in [-0.1, -0.05) is 27.7 Å². The van der Waals surface area contributed by atoms with Crippen molar-refractivity contribution in [2.24, 2.45) is 5.92 Å². The van der Waals surface area contributed by atoms with Gasteiger partial charge in [0.05, 0.1) is 10.2 Å². The third-order valence-electron chi connectivity index (χ3n) is 3.26. The monoisotopic (exact) mass is 297 g/mol. The highest BCUT2D eigenvalue weighted by Crippen LogP contribution is 2.46. The van der Waals surface area contributed by atoms with Crippen LogP contribution in [0.25, 0.3) is 0 Å². The van der Waals surface area contributed by atoms with Gasteiger partial charge in [-0.2, -0.15) is 0 Å². The van der Waals surface area contributed by atoms with Gasteiger partial charge in [0.25, 0.3) is 0 Å². The lowest BCUT2D eigenvalue weighted by Crippen LogP contribution is -2.17. The van der Waals surface area contributed by atoms with Crippen LogP contribution in [0.5, 0.6) is 0 Å². The number of rotatable bonds is 2. The molecule has 0 saturated heterocycles. The van der Waals surface area contributed by atoms with E-state index in [0.29, 0.717) is 5.92 Å². The van der Waals surface area contributed by atoms with Crippen LogP contribution in [-0.2, 0) is 5.41 Å².